The molecule has 24 heavy (non-hydrogen) atoms. The number of carbonyl (C=O) groups excluding carboxylic acids is 2. The van der Waals surface area contributed by atoms with E-state index in [-0.39, 0.29) is 17.5 Å². The number of hydrogen-bond donors (Lipinski definition) is 0. The zero-order chi connectivity index (χ0) is 17.1. The maximum atomic E-state index is 12.5. The van der Waals surface area contributed by atoms with Crippen LogP contribution < -0.4 is 0 Å². The van der Waals surface area contributed by atoms with Gasteiger partial charge in [-0.05, 0) is 80.5 Å². The van der Waals surface area contributed by atoms with Gasteiger partial charge in [0.05, 0.1) is 0 Å². The first-order chi connectivity index (χ1) is 11.3. The summed E-state index contributed by atoms with van der Waals surface area (Å²) in [6, 6.07) is 0. The van der Waals surface area contributed by atoms with Crippen molar-refractivity contribution >= 4 is 11.8 Å². The van der Waals surface area contributed by atoms with Crippen molar-refractivity contribution in [3.05, 3.63) is 0 Å². The molecule has 4 aliphatic carbocycles. The quantitative estimate of drug-likeness (QED) is 0.663. The summed E-state index contributed by atoms with van der Waals surface area (Å²) in [4.78, 5) is 23.8. The van der Waals surface area contributed by atoms with Crippen LogP contribution in [0.15, 0.2) is 0 Å². The lowest BCUT2D eigenvalue weighted by Crippen LogP contribution is -2.54. The van der Waals surface area contributed by atoms with Crippen LogP contribution in [0.25, 0.3) is 0 Å². The summed E-state index contributed by atoms with van der Waals surface area (Å²) in [5, 5.41) is 0. The van der Waals surface area contributed by atoms with E-state index in [2.05, 4.69) is 13.8 Å². The van der Waals surface area contributed by atoms with Gasteiger partial charge in [-0.1, -0.05) is 13.8 Å². The lowest BCUT2D eigenvalue weighted by molar-refractivity contribution is -0.160. The highest BCUT2D eigenvalue weighted by atomic mass is 16.5. The van der Waals surface area contributed by atoms with Crippen molar-refractivity contribution in [3.8, 4) is 0 Å². The first kappa shape index (κ1) is 16.6. The normalized spacial score (nSPS) is 50.6. The van der Waals surface area contributed by atoms with E-state index in [9.17, 15) is 9.59 Å². The fourth-order valence-corrected chi connectivity index (χ4v) is 7.33. The summed E-state index contributed by atoms with van der Waals surface area (Å²) in [6.07, 6.45) is 10.2. The van der Waals surface area contributed by atoms with E-state index in [1.807, 2.05) is 0 Å². The minimum atomic E-state index is -0.129. The van der Waals surface area contributed by atoms with Gasteiger partial charge in [-0.3, -0.25) is 9.59 Å². The van der Waals surface area contributed by atoms with Crippen molar-refractivity contribution in [2.24, 2.45) is 34.5 Å². The second-order valence-corrected chi connectivity index (χ2v) is 9.58. The van der Waals surface area contributed by atoms with Gasteiger partial charge in [0.15, 0.2) is 0 Å². The van der Waals surface area contributed by atoms with Gasteiger partial charge in [0.2, 0.25) is 0 Å². The number of fused-ring (bicyclic) bond motifs is 5. The van der Waals surface area contributed by atoms with E-state index in [1.165, 1.54) is 32.6 Å². The number of hydrogen-bond acceptors (Lipinski definition) is 3. The van der Waals surface area contributed by atoms with Crippen LogP contribution in [0.4, 0.5) is 0 Å². The summed E-state index contributed by atoms with van der Waals surface area (Å²) < 4.78 is 5.54. The summed E-state index contributed by atoms with van der Waals surface area (Å²) in [6.45, 7) is 6.30. The smallest absolute Gasteiger partial charge is 0.302 e. The molecule has 0 N–H and O–H groups in total. The summed E-state index contributed by atoms with van der Waals surface area (Å²) in [7, 11) is 0. The average Bonchev–Trinajstić information content (AvgIpc) is 2.83. The lowest BCUT2D eigenvalue weighted by Gasteiger charge is -2.60. The van der Waals surface area contributed by atoms with Gasteiger partial charge in [0, 0.05) is 18.8 Å². The Bertz CT molecular complexity index is 555. The van der Waals surface area contributed by atoms with Crippen molar-refractivity contribution in [2.75, 3.05) is 0 Å². The Hall–Kier alpha value is -0.860. The Morgan fingerprint density at radius 3 is 2.58 bits per heavy atom. The van der Waals surface area contributed by atoms with Crippen molar-refractivity contribution in [1.82, 2.24) is 0 Å². The van der Waals surface area contributed by atoms with Crippen LogP contribution in [-0.4, -0.2) is 17.9 Å². The summed E-state index contributed by atoms with van der Waals surface area (Å²) in [5.41, 5.74) is 0.381. The zero-order valence-electron chi connectivity index (χ0n) is 15.5. The van der Waals surface area contributed by atoms with Crippen LogP contribution in [0.3, 0.4) is 0 Å². The Labute approximate surface area is 145 Å². The molecule has 0 heterocycles. The number of ether oxygens (including phenoxy) is 1. The van der Waals surface area contributed by atoms with E-state index >= 15 is 0 Å². The third-order valence-corrected chi connectivity index (χ3v) is 8.66. The number of Topliss-reactive ketones (excluding diaryl/α,β-unsaturated/α-hetero) is 1. The molecule has 4 rings (SSSR count). The molecule has 0 radical (unpaired) electrons. The number of ketones is 1. The Kier molecular flexibility index (Phi) is 3.85. The van der Waals surface area contributed by atoms with E-state index in [4.69, 9.17) is 4.74 Å². The van der Waals surface area contributed by atoms with Crippen LogP contribution >= 0.6 is 0 Å². The monoisotopic (exact) mass is 332 g/mol. The van der Waals surface area contributed by atoms with Crippen LogP contribution in [0.1, 0.15) is 78.6 Å². The number of carbonyl (C=O) groups is 2. The first-order valence-electron chi connectivity index (χ1n) is 10.0. The molecule has 0 bridgehead atoms. The van der Waals surface area contributed by atoms with Crippen molar-refractivity contribution in [3.63, 3.8) is 0 Å². The minimum absolute atomic E-state index is 0.0146. The van der Waals surface area contributed by atoms with Gasteiger partial charge in [0.25, 0.3) is 0 Å². The van der Waals surface area contributed by atoms with Gasteiger partial charge in [0.1, 0.15) is 11.9 Å². The van der Waals surface area contributed by atoms with Gasteiger partial charge in [-0.15, -0.1) is 0 Å². The van der Waals surface area contributed by atoms with Crippen LogP contribution in [-0.2, 0) is 14.3 Å². The fourth-order valence-electron chi connectivity index (χ4n) is 7.33. The highest BCUT2D eigenvalue weighted by Gasteiger charge is 2.60. The largest absolute Gasteiger partial charge is 0.463 e. The van der Waals surface area contributed by atoms with Gasteiger partial charge in [-0.25, -0.2) is 0 Å². The van der Waals surface area contributed by atoms with Gasteiger partial charge < -0.3 is 4.74 Å². The molecule has 7 atom stereocenters. The van der Waals surface area contributed by atoms with Gasteiger partial charge in [-0.2, -0.15) is 0 Å². The SMILES string of the molecule is CC(=O)O[C@H]1CC[C@]2(C)[C@H](CC[C@H]3[C@H]2CC[C@@]2(C)C(=O)CC[C@H]32)C1. The third-order valence-electron chi connectivity index (χ3n) is 8.66. The molecule has 0 spiro atoms. The highest BCUT2D eigenvalue weighted by Crippen LogP contribution is 2.65. The van der Waals surface area contributed by atoms with Gasteiger partial charge >= 0.3 is 5.97 Å². The lowest BCUT2D eigenvalue weighted by atomic mass is 9.45. The van der Waals surface area contributed by atoms with E-state index < -0.39 is 0 Å². The molecule has 4 fully saturated rings. The van der Waals surface area contributed by atoms with Crippen LogP contribution in [0, 0.1) is 34.5 Å². The molecule has 0 aliphatic heterocycles. The van der Waals surface area contributed by atoms with E-state index in [0.717, 1.165) is 43.9 Å². The third kappa shape index (κ3) is 2.29. The second-order valence-electron chi connectivity index (χ2n) is 9.58. The predicted octanol–water partition coefficient (Wildman–Crippen LogP) is 4.53. The Morgan fingerprint density at radius 1 is 1.04 bits per heavy atom. The van der Waals surface area contributed by atoms with Crippen LogP contribution in [0.2, 0.25) is 0 Å². The molecule has 134 valence electrons. The molecule has 3 heteroatoms. The maximum absolute atomic E-state index is 12.5. The molecule has 0 aromatic heterocycles. The van der Waals surface area contributed by atoms with Crippen molar-refractivity contribution < 1.29 is 14.3 Å². The molecule has 0 unspecified atom stereocenters. The standard InChI is InChI=1S/C21H32O3/c1-13(22)24-15-8-10-20(2)14(12-15)4-5-16-17-6-7-19(23)21(17,3)11-9-18(16)20/h14-18H,4-12H2,1-3H3/t14-,15+,16-,17-,18-,20-,21-/m1/s1. The summed E-state index contributed by atoms with van der Waals surface area (Å²) >= 11 is 0. The average molecular weight is 332 g/mol. The molecule has 0 aromatic carbocycles. The molecule has 0 amide bonds. The minimum Gasteiger partial charge on any atom is -0.463 e. The zero-order valence-corrected chi connectivity index (χ0v) is 15.5. The highest BCUT2D eigenvalue weighted by molar-refractivity contribution is 5.87. The molecule has 4 aliphatic rings. The molecular weight excluding hydrogens is 300 g/mol. The summed E-state index contributed by atoms with van der Waals surface area (Å²) in [5.74, 6) is 3.26. The van der Waals surface area contributed by atoms with Crippen LogP contribution in [0.5, 0.6) is 0 Å². The molecule has 4 saturated carbocycles. The molecular formula is C21H32O3. The predicted molar refractivity (Wildman–Crippen MR) is 92.3 cm³/mol. The van der Waals surface area contributed by atoms with E-state index in [1.54, 1.807) is 0 Å². The number of esters is 1. The topological polar surface area (TPSA) is 43.4 Å². The Balaban J connectivity index is 1.54. The van der Waals surface area contributed by atoms with E-state index in [0.29, 0.717) is 23.0 Å². The second kappa shape index (κ2) is 5.57. The Morgan fingerprint density at radius 2 is 1.83 bits per heavy atom. The van der Waals surface area contributed by atoms with Crippen molar-refractivity contribution in [2.45, 2.75) is 84.7 Å². The molecule has 3 nitrogen and oxygen atoms in total. The molecule has 0 saturated heterocycles. The first-order valence-corrected chi connectivity index (χ1v) is 10.0. The molecule has 0 aromatic rings. The maximum Gasteiger partial charge on any atom is 0.302 e. The fraction of sp³-hybridized carbons (Fsp3) is 0.905. The van der Waals surface area contributed by atoms with Crippen molar-refractivity contribution in [1.29, 1.82) is 0 Å². The number of rotatable bonds is 1.